The Morgan fingerprint density at radius 1 is 1.00 bits per heavy atom. The highest BCUT2D eigenvalue weighted by Gasteiger charge is 2.35. The Bertz CT molecular complexity index is 662. The monoisotopic (exact) mass is 284 g/mol. The third kappa shape index (κ3) is 2.84. The fourth-order valence-corrected chi connectivity index (χ4v) is 2.18. The van der Waals surface area contributed by atoms with Crippen molar-refractivity contribution in [3.8, 4) is 11.5 Å². The summed E-state index contributed by atoms with van der Waals surface area (Å²) in [5, 5.41) is 0. The molecular weight excluding hydrogens is 268 g/mol. The number of cyclic esters (lactones) is 1. The van der Waals surface area contributed by atoms with Crippen LogP contribution in [0.3, 0.4) is 0 Å². The van der Waals surface area contributed by atoms with Gasteiger partial charge in [-0.15, -0.1) is 0 Å². The molecule has 0 atom stereocenters. The van der Waals surface area contributed by atoms with Gasteiger partial charge in [0.2, 0.25) is 5.79 Å². The van der Waals surface area contributed by atoms with Crippen LogP contribution in [0.5, 0.6) is 11.5 Å². The maximum absolute atomic E-state index is 12.0. The largest absolute Gasteiger partial charge is 0.485 e. The van der Waals surface area contributed by atoms with Crippen molar-refractivity contribution in [2.75, 3.05) is 0 Å². The maximum atomic E-state index is 12.0. The summed E-state index contributed by atoms with van der Waals surface area (Å²) in [6.07, 6.45) is 0. The number of rotatable bonds is 3. The SMILES string of the molecule is CC1(C)OC(=O)c2cccc(OCc3ccccc3)c2O1. The van der Waals surface area contributed by atoms with Gasteiger partial charge in [-0.1, -0.05) is 36.4 Å². The van der Waals surface area contributed by atoms with E-state index in [4.69, 9.17) is 14.2 Å². The number of fused-ring (bicyclic) bond motifs is 1. The Morgan fingerprint density at radius 3 is 2.52 bits per heavy atom. The van der Waals surface area contributed by atoms with E-state index in [0.717, 1.165) is 5.56 Å². The van der Waals surface area contributed by atoms with Gasteiger partial charge in [0, 0.05) is 13.8 Å². The van der Waals surface area contributed by atoms with Gasteiger partial charge in [-0.05, 0) is 17.7 Å². The number of hydrogen-bond donors (Lipinski definition) is 0. The topological polar surface area (TPSA) is 44.8 Å². The first kappa shape index (κ1) is 13.5. The first-order chi connectivity index (χ1) is 10.1. The van der Waals surface area contributed by atoms with Crippen LogP contribution in [0.2, 0.25) is 0 Å². The van der Waals surface area contributed by atoms with Crippen LogP contribution < -0.4 is 9.47 Å². The van der Waals surface area contributed by atoms with Gasteiger partial charge in [0.15, 0.2) is 11.5 Å². The molecule has 0 radical (unpaired) electrons. The summed E-state index contributed by atoms with van der Waals surface area (Å²) in [6.45, 7) is 3.81. The Morgan fingerprint density at radius 2 is 1.76 bits per heavy atom. The molecule has 1 heterocycles. The van der Waals surface area contributed by atoms with Crippen molar-refractivity contribution in [1.29, 1.82) is 0 Å². The number of hydrogen-bond acceptors (Lipinski definition) is 4. The predicted octanol–water partition coefficient (Wildman–Crippen LogP) is 3.55. The minimum absolute atomic E-state index is 0.389. The molecule has 1 aliphatic heterocycles. The first-order valence-electron chi connectivity index (χ1n) is 6.77. The lowest BCUT2D eigenvalue weighted by atomic mass is 10.1. The van der Waals surface area contributed by atoms with Gasteiger partial charge >= 0.3 is 5.97 Å². The second-order valence-corrected chi connectivity index (χ2v) is 5.30. The molecule has 0 spiro atoms. The van der Waals surface area contributed by atoms with Crippen LogP contribution in [-0.2, 0) is 11.3 Å². The summed E-state index contributed by atoms with van der Waals surface area (Å²) >= 11 is 0. The van der Waals surface area contributed by atoms with Crippen molar-refractivity contribution in [3.63, 3.8) is 0 Å². The number of esters is 1. The van der Waals surface area contributed by atoms with Gasteiger partial charge in [0.05, 0.1) is 0 Å². The zero-order chi connectivity index (χ0) is 14.9. The number of benzene rings is 2. The molecule has 108 valence electrons. The molecule has 0 aromatic heterocycles. The van der Waals surface area contributed by atoms with Crippen LogP contribution in [0.25, 0.3) is 0 Å². The summed E-state index contributed by atoms with van der Waals surface area (Å²) in [6, 6.07) is 15.0. The van der Waals surface area contributed by atoms with Gasteiger partial charge in [0.1, 0.15) is 12.2 Å². The minimum Gasteiger partial charge on any atom is -0.485 e. The van der Waals surface area contributed by atoms with Crippen molar-refractivity contribution in [2.24, 2.45) is 0 Å². The molecule has 2 aromatic carbocycles. The van der Waals surface area contributed by atoms with E-state index >= 15 is 0 Å². The second kappa shape index (κ2) is 5.13. The summed E-state index contributed by atoms with van der Waals surface area (Å²) < 4.78 is 16.7. The van der Waals surface area contributed by atoms with E-state index in [1.165, 1.54) is 0 Å². The Balaban J connectivity index is 1.87. The minimum atomic E-state index is -0.990. The number of para-hydroxylation sites is 1. The molecule has 3 rings (SSSR count). The van der Waals surface area contributed by atoms with Crippen molar-refractivity contribution in [1.82, 2.24) is 0 Å². The molecule has 0 bridgehead atoms. The van der Waals surface area contributed by atoms with Crippen molar-refractivity contribution in [3.05, 3.63) is 59.7 Å². The maximum Gasteiger partial charge on any atom is 0.345 e. The molecule has 21 heavy (non-hydrogen) atoms. The number of carbonyl (C=O) groups excluding carboxylic acids is 1. The van der Waals surface area contributed by atoms with E-state index in [0.29, 0.717) is 23.7 Å². The molecule has 0 fully saturated rings. The number of carbonyl (C=O) groups is 1. The summed E-state index contributed by atoms with van der Waals surface area (Å²) in [4.78, 5) is 12.0. The molecule has 1 aliphatic rings. The average Bonchev–Trinajstić information content (AvgIpc) is 2.45. The highest BCUT2D eigenvalue weighted by Crippen LogP contribution is 2.39. The van der Waals surface area contributed by atoms with Crippen LogP contribution in [0, 0.1) is 0 Å². The summed E-state index contributed by atoms with van der Waals surface area (Å²) in [7, 11) is 0. The molecule has 0 unspecified atom stereocenters. The van der Waals surface area contributed by atoms with Crippen LogP contribution >= 0.6 is 0 Å². The third-order valence-corrected chi connectivity index (χ3v) is 3.12. The molecule has 2 aromatic rings. The highest BCUT2D eigenvalue weighted by atomic mass is 16.7. The van der Waals surface area contributed by atoms with Gasteiger partial charge in [-0.25, -0.2) is 4.79 Å². The second-order valence-electron chi connectivity index (χ2n) is 5.30. The summed E-state index contributed by atoms with van der Waals surface area (Å²) in [5.41, 5.74) is 1.44. The van der Waals surface area contributed by atoms with Crippen LogP contribution in [0.4, 0.5) is 0 Å². The molecule has 4 nitrogen and oxygen atoms in total. The first-order valence-corrected chi connectivity index (χ1v) is 6.77. The lowest BCUT2D eigenvalue weighted by molar-refractivity contribution is -0.128. The van der Waals surface area contributed by atoms with Gasteiger partial charge in [0.25, 0.3) is 0 Å². The lowest BCUT2D eigenvalue weighted by Crippen LogP contribution is -2.39. The van der Waals surface area contributed by atoms with E-state index in [9.17, 15) is 4.79 Å². The standard InChI is InChI=1S/C17H16O4/c1-17(2)20-15-13(16(18)21-17)9-6-10-14(15)19-11-12-7-4-3-5-8-12/h3-10H,11H2,1-2H3. The lowest BCUT2D eigenvalue weighted by Gasteiger charge is -2.32. The molecule has 0 N–H and O–H groups in total. The van der Waals surface area contributed by atoms with Gasteiger partial charge in [-0.2, -0.15) is 0 Å². The van der Waals surface area contributed by atoms with Crippen LogP contribution in [0.1, 0.15) is 29.8 Å². The van der Waals surface area contributed by atoms with E-state index in [1.807, 2.05) is 30.3 Å². The molecule has 0 saturated carbocycles. The van der Waals surface area contributed by atoms with Crippen molar-refractivity contribution >= 4 is 5.97 Å². The summed E-state index contributed by atoms with van der Waals surface area (Å²) in [5.74, 6) is -0.404. The predicted molar refractivity (Wildman–Crippen MR) is 77.3 cm³/mol. The molecule has 4 heteroatoms. The van der Waals surface area contributed by atoms with E-state index in [2.05, 4.69) is 0 Å². The fraction of sp³-hybridized carbons (Fsp3) is 0.235. The average molecular weight is 284 g/mol. The van der Waals surface area contributed by atoms with E-state index in [-0.39, 0.29) is 0 Å². The third-order valence-electron chi connectivity index (χ3n) is 3.12. The normalized spacial score (nSPS) is 15.6. The molecule has 0 saturated heterocycles. The van der Waals surface area contributed by atoms with Crippen LogP contribution in [-0.4, -0.2) is 11.8 Å². The quantitative estimate of drug-likeness (QED) is 0.808. The molecule has 0 aliphatic carbocycles. The van der Waals surface area contributed by atoms with Crippen LogP contribution in [0.15, 0.2) is 48.5 Å². The molecular formula is C17H16O4. The Kier molecular flexibility index (Phi) is 3.29. The van der Waals surface area contributed by atoms with E-state index in [1.54, 1.807) is 32.0 Å². The van der Waals surface area contributed by atoms with E-state index < -0.39 is 11.8 Å². The zero-order valence-corrected chi connectivity index (χ0v) is 12.0. The Hall–Kier alpha value is -2.49. The zero-order valence-electron chi connectivity index (χ0n) is 12.0. The smallest absolute Gasteiger partial charge is 0.345 e. The number of ether oxygens (including phenoxy) is 3. The fourth-order valence-electron chi connectivity index (χ4n) is 2.18. The van der Waals surface area contributed by atoms with Crippen molar-refractivity contribution < 1.29 is 19.0 Å². The highest BCUT2D eigenvalue weighted by molar-refractivity contribution is 5.94. The molecule has 0 amide bonds. The van der Waals surface area contributed by atoms with Gasteiger partial charge < -0.3 is 14.2 Å². The van der Waals surface area contributed by atoms with Gasteiger partial charge in [-0.3, -0.25) is 0 Å². The van der Waals surface area contributed by atoms with Crippen molar-refractivity contribution in [2.45, 2.75) is 26.2 Å². The Labute approximate surface area is 123 Å².